The molecule has 2 aromatic carbocycles. The van der Waals surface area contributed by atoms with Crippen LogP contribution in [-0.2, 0) is 6.61 Å². The van der Waals surface area contributed by atoms with E-state index >= 15 is 0 Å². The number of hydrogen-bond donors (Lipinski definition) is 3. The third kappa shape index (κ3) is 6.74. The highest BCUT2D eigenvalue weighted by molar-refractivity contribution is 7.09. The van der Waals surface area contributed by atoms with Gasteiger partial charge in [0.15, 0.2) is 0 Å². The van der Waals surface area contributed by atoms with Gasteiger partial charge in [-0.05, 0) is 68.1 Å². The summed E-state index contributed by atoms with van der Waals surface area (Å²) in [5.41, 5.74) is 3.30. The Morgan fingerprint density at radius 3 is 2.51 bits per heavy atom. The molecule has 1 aliphatic rings. The van der Waals surface area contributed by atoms with Gasteiger partial charge in [-0.1, -0.05) is 36.6 Å². The number of thiazole rings is 1. The molecule has 0 aliphatic heterocycles. The summed E-state index contributed by atoms with van der Waals surface area (Å²) in [7, 11) is 0. The summed E-state index contributed by atoms with van der Waals surface area (Å²) in [5, 5.41) is 12.2. The van der Waals surface area contributed by atoms with Gasteiger partial charge in [-0.25, -0.2) is 9.78 Å². The lowest BCUT2D eigenvalue weighted by atomic mass is 9.90. The lowest BCUT2D eigenvalue weighted by molar-refractivity contribution is 0.0911. The Morgan fingerprint density at radius 2 is 1.77 bits per heavy atom. The Balaban J connectivity index is 1.32. The smallest absolute Gasteiger partial charge is 0.319 e. The molecule has 3 aromatic rings. The molecule has 2 atom stereocenters. The minimum Gasteiger partial charge on any atom is -0.486 e. The summed E-state index contributed by atoms with van der Waals surface area (Å²) in [6.45, 7) is 4.27. The van der Waals surface area contributed by atoms with Gasteiger partial charge in [0.25, 0.3) is 5.91 Å². The molecule has 0 bridgehead atoms. The first-order chi connectivity index (χ1) is 16.9. The van der Waals surface area contributed by atoms with Crippen molar-refractivity contribution in [2.45, 2.75) is 58.2 Å². The van der Waals surface area contributed by atoms with Crippen molar-refractivity contribution in [3.05, 3.63) is 74.7 Å². The van der Waals surface area contributed by atoms with E-state index in [2.05, 4.69) is 20.9 Å². The molecule has 184 valence electrons. The normalized spacial score (nSPS) is 17.5. The molecule has 0 saturated heterocycles. The van der Waals surface area contributed by atoms with E-state index < -0.39 is 0 Å². The number of benzene rings is 2. The number of halogens is 1. The highest BCUT2D eigenvalue weighted by atomic mass is 35.5. The van der Waals surface area contributed by atoms with Gasteiger partial charge < -0.3 is 20.7 Å². The number of aryl methyl sites for hydroxylation is 1. The van der Waals surface area contributed by atoms with E-state index in [4.69, 9.17) is 16.3 Å². The molecule has 7 nitrogen and oxygen atoms in total. The molecule has 1 heterocycles. The molecular formula is C26H29ClN4O3S. The second-order valence-electron chi connectivity index (χ2n) is 8.69. The van der Waals surface area contributed by atoms with E-state index in [-0.39, 0.29) is 30.6 Å². The van der Waals surface area contributed by atoms with Crippen LogP contribution >= 0.6 is 22.9 Å². The van der Waals surface area contributed by atoms with Crippen molar-refractivity contribution < 1.29 is 14.3 Å². The molecule has 4 rings (SSSR count). The van der Waals surface area contributed by atoms with Crippen LogP contribution in [0.4, 0.5) is 10.5 Å². The Kier molecular flexibility index (Phi) is 8.25. The Labute approximate surface area is 214 Å². The summed E-state index contributed by atoms with van der Waals surface area (Å²) >= 11 is 7.27. The first kappa shape index (κ1) is 25.0. The van der Waals surface area contributed by atoms with Gasteiger partial charge in [0.05, 0.1) is 6.04 Å². The van der Waals surface area contributed by atoms with Gasteiger partial charge in [0.2, 0.25) is 0 Å². The zero-order valence-electron chi connectivity index (χ0n) is 19.8. The number of ether oxygens (including phenoxy) is 1. The highest BCUT2D eigenvalue weighted by Crippen LogP contribution is 2.22. The second kappa shape index (κ2) is 11.6. The summed E-state index contributed by atoms with van der Waals surface area (Å²) in [6.07, 6.45) is 3.61. The molecule has 35 heavy (non-hydrogen) atoms. The van der Waals surface area contributed by atoms with Crippen LogP contribution in [0.2, 0.25) is 5.02 Å². The SMILES string of the molecule is Cc1cccc(NC(=O)NC2CCCCC2NC(=O)c2csc(COc3ccc(Cl)cc3)n2)c1C. The first-order valence-electron chi connectivity index (χ1n) is 11.7. The summed E-state index contributed by atoms with van der Waals surface area (Å²) < 4.78 is 5.72. The van der Waals surface area contributed by atoms with Crippen molar-refractivity contribution >= 4 is 40.6 Å². The van der Waals surface area contributed by atoms with Crippen LogP contribution < -0.4 is 20.7 Å². The van der Waals surface area contributed by atoms with Crippen molar-refractivity contribution in [1.29, 1.82) is 0 Å². The number of carbonyl (C=O) groups excluding carboxylic acids is 2. The number of nitrogens with one attached hydrogen (secondary N) is 3. The van der Waals surface area contributed by atoms with Crippen LogP contribution in [0, 0.1) is 13.8 Å². The van der Waals surface area contributed by atoms with Gasteiger partial charge in [0, 0.05) is 22.1 Å². The average molecular weight is 513 g/mol. The topological polar surface area (TPSA) is 92.4 Å². The van der Waals surface area contributed by atoms with Gasteiger partial charge in [0.1, 0.15) is 23.1 Å². The fourth-order valence-corrected chi connectivity index (χ4v) is 4.90. The predicted molar refractivity (Wildman–Crippen MR) is 139 cm³/mol. The highest BCUT2D eigenvalue weighted by Gasteiger charge is 2.29. The Hall–Kier alpha value is -3.10. The molecule has 1 saturated carbocycles. The monoisotopic (exact) mass is 512 g/mol. The van der Waals surface area contributed by atoms with Crippen LogP contribution in [0.25, 0.3) is 0 Å². The van der Waals surface area contributed by atoms with Crippen molar-refractivity contribution in [3.8, 4) is 5.75 Å². The van der Waals surface area contributed by atoms with E-state index in [1.54, 1.807) is 29.6 Å². The van der Waals surface area contributed by atoms with Gasteiger partial charge >= 0.3 is 6.03 Å². The van der Waals surface area contributed by atoms with Crippen LogP contribution in [0.3, 0.4) is 0 Å². The molecule has 0 spiro atoms. The number of aromatic nitrogens is 1. The molecule has 3 N–H and O–H groups in total. The Morgan fingerprint density at radius 1 is 1.06 bits per heavy atom. The van der Waals surface area contributed by atoms with E-state index in [0.29, 0.717) is 21.5 Å². The van der Waals surface area contributed by atoms with Crippen molar-refractivity contribution in [1.82, 2.24) is 15.6 Å². The largest absolute Gasteiger partial charge is 0.486 e. The number of nitrogens with zero attached hydrogens (tertiary/aromatic N) is 1. The van der Waals surface area contributed by atoms with Crippen LogP contribution in [0.15, 0.2) is 47.8 Å². The average Bonchev–Trinajstić information content (AvgIpc) is 3.32. The molecule has 1 aromatic heterocycles. The Bertz CT molecular complexity index is 1180. The minimum atomic E-state index is -0.264. The van der Waals surface area contributed by atoms with E-state index in [0.717, 1.165) is 42.5 Å². The number of amides is 3. The first-order valence-corrected chi connectivity index (χ1v) is 12.9. The molecule has 1 aliphatic carbocycles. The van der Waals surface area contributed by atoms with E-state index in [1.165, 1.54) is 11.3 Å². The molecular weight excluding hydrogens is 484 g/mol. The molecule has 3 amide bonds. The molecule has 1 fully saturated rings. The standard InChI is InChI=1S/C26H29ClN4O3S/c1-16-6-5-9-20(17(16)2)30-26(33)31-22-8-4-3-7-21(22)29-25(32)23-15-35-24(28-23)14-34-19-12-10-18(27)11-13-19/h5-6,9-13,15,21-22H,3-4,7-8,14H2,1-2H3,(H,29,32)(H2,30,31,33). The van der Waals surface area contributed by atoms with E-state index in [9.17, 15) is 9.59 Å². The lowest BCUT2D eigenvalue weighted by Gasteiger charge is -2.32. The summed E-state index contributed by atoms with van der Waals surface area (Å²) in [4.78, 5) is 30.0. The zero-order chi connectivity index (χ0) is 24.8. The predicted octanol–water partition coefficient (Wildman–Crippen LogP) is 5.86. The van der Waals surface area contributed by atoms with Crippen molar-refractivity contribution in [2.24, 2.45) is 0 Å². The fraction of sp³-hybridized carbons (Fsp3) is 0.346. The number of hydrogen-bond acceptors (Lipinski definition) is 5. The number of urea groups is 1. The maximum atomic E-state index is 12.9. The third-order valence-corrected chi connectivity index (χ3v) is 7.29. The number of carbonyl (C=O) groups is 2. The maximum Gasteiger partial charge on any atom is 0.319 e. The van der Waals surface area contributed by atoms with E-state index in [1.807, 2.05) is 32.0 Å². The zero-order valence-corrected chi connectivity index (χ0v) is 21.3. The third-order valence-electron chi connectivity index (χ3n) is 6.21. The second-order valence-corrected chi connectivity index (χ2v) is 10.1. The van der Waals surface area contributed by atoms with Gasteiger partial charge in [-0.3, -0.25) is 4.79 Å². The van der Waals surface area contributed by atoms with Gasteiger partial charge in [-0.15, -0.1) is 11.3 Å². The van der Waals surface area contributed by atoms with Crippen LogP contribution in [0.1, 0.15) is 52.3 Å². The summed E-state index contributed by atoms with van der Waals surface area (Å²) in [5.74, 6) is 0.443. The molecule has 2 unspecified atom stereocenters. The van der Waals surface area contributed by atoms with Crippen molar-refractivity contribution in [3.63, 3.8) is 0 Å². The summed E-state index contributed by atoms with van der Waals surface area (Å²) in [6, 6.07) is 12.3. The molecule has 0 radical (unpaired) electrons. The lowest BCUT2D eigenvalue weighted by Crippen LogP contribution is -2.54. The number of rotatable bonds is 7. The quantitative estimate of drug-likeness (QED) is 0.370. The fourth-order valence-electron chi connectivity index (χ4n) is 4.09. The minimum absolute atomic E-state index is 0.149. The van der Waals surface area contributed by atoms with Crippen molar-refractivity contribution in [2.75, 3.05) is 5.32 Å². The number of anilines is 1. The maximum absolute atomic E-state index is 12.9. The van der Waals surface area contributed by atoms with Crippen LogP contribution in [0.5, 0.6) is 5.75 Å². The van der Waals surface area contributed by atoms with Crippen LogP contribution in [-0.4, -0.2) is 29.0 Å². The molecule has 9 heteroatoms. The van der Waals surface area contributed by atoms with Gasteiger partial charge in [-0.2, -0.15) is 0 Å².